The molecule has 0 spiro atoms. The van der Waals surface area contributed by atoms with Gasteiger partial charge in [-0.25, -0.2) is 0 Å². The number of nitrogen functional groups attached to an aromatic ring is 3. The molecule has 130 valence electrons. The maximum atomic E-state index is 6.17. The third-order valence-electron chi connectivity index (χ3n) is 3.82. The van der Waals surface area contributed by atoms with Crippen LogP contribution in [0.1, 0.15) is 0 Å². The van der Waals surface area contributed by atoms with E-state index in [9.17, 15) is 0 Å². The van der Waals surface area contributed by atoms with Gasteiger partial charge in [-0.15, -0.1) is 0 Å². The molecule has 0 aliphatic heterocycles. The Bertz CT molecular complexity index is 648. The van der Waals surface area contributed by atoms with Gasteiger partial charge in [-0.2, -0.15) is 0 Å². The summed E-state index contributed by atoms with van der Waals surface area (Å²) in [4.78, 5) is 2.20. The van der Waals surface area contributed by atoms with Crippen LogP contribution < -0.4 is 22.1 Å². The largest absolute Gasteiger partial charge is 0.399 e. The van der Waals surface area contributed by atoms with E-state index in [-0.39, 0.29) is 0 Å². The molecule has 2 aromatic rings. The first-order valence-electron chi connectivity index (χ1n) is 7.84. The van der Waals surface area contributed by atoms with Crippen molar-refractivity contribution in [1.29, 1.82) is 0 Å². The average Bonchev–Trinajstić information content (AvgIpc) is 2.55. The molecule has 6 nitrogen and oxygen atoms in total. The van der Waals surface area contributed by atoms with Crippen molar-refractivity contribution in [2.24, 2.45) is 0 Å². The molecule has 0 heterocycles. The fraction of sp³-hybridized carbons (Fsp3) is 0.333. The molecule has 0 saturated carbocycles. The van der Waals surface area contributed by atoms with Crippen LogP contribution in [0.5, 0.6) is 0 Å². The first-order chi connectivity index (χ1) is 11.5. The van der Waals surface area contributed by atoms with E-state index in [4.69, 9.17) is 26.7 Å². The van der Waals surface area contributed by atoms with Crippen molar-refractivity contribution < 1.29 is 9.47 Å². The molecule has 0 amide bonds. The van der Waals surface area contributed by atoms with Crippen LogP contribution >= 0.6 is 0 Å². The molecule has 24 heavy (non-hydrogen) atoms. The van der Waals surface area contributed by atoms with Crippen LogP contribution in [-0.4, -0.2) is 40.5 Å². The van der Waals surface area contributed by atoms with Crippen LogP contribution in [0, 0.1) is 0 Å². The van der Waals surface area contributed by atoms with Crippen LogP contribution in [-0.2, 0) is 9.47 Å². The van der Waals surface area contributed by atoms with Crippen molar-refractivity contribution >= 4 is 22.7 Å². The minimum Gasteiger partial charge on any atom is -0.399 e. The predicted octanol–water partition coefficient (Wildman–Crippen LogP) is 2.20. The molecule has 0 unspecified atom stereocenters. The molecule has 0 saturated heterocycles. The molecule has 0 aliphatic carbocycles. The zero-order chi connectivity index (χ0) is 17.5. The van der Waals surface area contributed by atoms with E-state index in [0.29, 0.717) is 30.3 Å². The van der Waals surface area contributed by atoms with E-state index in [1.54, 1.807) is 20.3 Å². The fourth-order valence-corrected chi connectivity index (χ4v) is 2.60. The van der Waals surface area contributed by atoms with Crippen LogP contribution in [0.4, 0.5) is 22.7 Å². The number of methoxy groups -OCH3 is 2. The highest BCUT2D eigenvalue weighted by atomic mass is 16.5. The summed E-state index contributed by atoms with van der Waals surface area (Å²) in [6.07, 6.45) is 0. The van der Waals surface area contributed by atoms with E-state index in [1.807, 2.05) is 24.3 Å². The highest BCUT2D eigenvalue weighted by Gasteiger charge is 2.11. The van der Waals surface area contributed by atoms with Crippen LogP contribution in [0.15, 0.2) is 36.4 Å². The Morgan fingerprint density at radius 2 is 1.42 bits per heavy atom. The SMILES string of the molecule is COCCN(CCOC)c1ccc(N)c(-c2cc(N)cc(N)c2)c1. The van der Waals surface area contributed by atoms with Gasteiger partial charge in [-0.1, -0.05) is 0 Å². The molecular formula is C18H26N4O2. The molecule has 0 atom stereocenters. The number of benzene rings is 2. The lowest BCUT2D eigenvalue weighted by atomic mass is 10.0. The first kappa shape index (κ1) is 17.9. The average molecular weight is 330 g/mol. The minimum absolute atomic E-state index is 0.616. The topological polar surface area (TPSA) is 99.8 Å². The second-order valence-corrected chi connectivity index (χ2v) is 5.63. The number of rotatable bonds is 8. The van der Waals surface area contributed by atoms with Crippen molar-refractivity contribution in [3.8, 4) is 11.1 Å². The van der Waals surface area contributed by atoms with Gasteiger partial charge in [0.1, 0.15) is 0 Å². The first-order valence-corrected chi connectivity index (χ1v) is 7.84. The zero-order valence-electron chi connectivity index (χ0n) is 14.3. The van der Waals surface area contributed by atoms with Crippen molar-refractivity contribution in [2.45, 2.75) is 0 Å². The van der Waals surface area contributed by atoms with E-state index in [0.717, 1.165) is 29.9 Å². The van der Waals surface area contributed by atoms with Gasteiger partial charge >= 0.3 is 0 Å². The predicted molar refractivity (Wildman–Crippen MR) is 101 cm³/mol. The Balaban J connectivity index is 2.38. The maximum Gasteiger partial charge on any atom is 0.0637 e. The smallest absolute Gasteiger partial charge is 0.0637 e. The van der Waals surface area contributed by atoms with Crippen molar-refractivity contribution in [3.05, 3.63) is 36.4 Å². The third kappa shape index (κ3) is 4.53. The summed E-state index contributed by atoms with van der Waals surface area (Å²) in [5, 5.41) is 0. The lowest BCUT2D eigenvalue weighted by Gasteiger charge is -2.25. The second kappa shape index (κ2) is 8.42. The highest BCUT2D eigenvalue weighted by molar-refractivity contribution is 5.83. The van der Waals surface area contributed by atoms with Gasteiger partial charge in [0.15, 0.2) is 0 Å². The molecule has 6 N–H and O–H groups in total. The second-order valence-electron chi connectivity index (χ2n) is 5.63. The normalized spacial score (nSPS) is 10.8. The summed E-state index contributed by atoms with van der Waals surface area (Å²) in [5.74, 6) is 0. The van der Waals surface area contributed by atoms with Crippen LogP contribution in [0.3, 0.4) is 0 Å². The lowest BCUT2D eigenvalue weighted by Crippen LogP contribution is -2.30. The number of ether oxygens (including phenoxy) is 2. The number of anilines is 4. The van der Waals surface area contributed by atoms with E-state index in [1.165, 1.54) is 0 Å². The van der Waals surface area contributed by atoms with Gasteiger partial charge in [0.2, 0.25) is 0 Å². The Kier molecular flexibility index (Phi) is 6.28. The van der Waals surface area contributed by atoms with E-state index in [2.05, 4.69) is 11.0 Å². The van der Waals surface area contributed by atoms with E-state index < -0.39 is 0 Å². The summed E-state index contributed by atoms with van der Waals surface area (Å²) in [5.41, 5.74) is 22.8. The Labute approximate surface area is 143 Å². The maximum absolute atomic E-state index is 6.17. The number of hydrogen-bond donors (Lipinski definition) is 3. The molecular weight excluding hydrogens is 304 g/mol. The minimum atomic E-state index is 0.616. The Morgan fingerprint density at radius 1 is 0.833 bits per heavy atom. The molecule has 0 radical (unpaired) electrons. The Hall–Kier alpha value is -2.44. The summed E-state index contributed by atoms with van der Waals surface area (Å²) < 4.78 is 10.4. The van der Waals surface area contributed by atoms with Gasteiger partial charge in [-0.3, -0.25) is 0 Å². The molecule has 2 aromatic carbocycles. The van der Waals surface area contributed by atoms with Crippen LogP contribution in [0.25, 0.3) is 11.1 Å². The molecule has 0 bridgehead atoms. The fourth-order valence-electron chi connectivity index (χ4n) is 2.60. The zero-order valence-corrected chi connectivity index (χ0v) is 14.3. The van der Waals surface area contributed by atoms with Gasteiger partial charge in [-0.05, 0) is 42.0 Å². The van der Waals surface area contributed by atoms with E-state index >= 15 is 0 Å². The van der Waals surface area contributed by atoms with Gasteiger partial charge in [0.05, 0.1) is 13.2 Å². The molecule has 0 aromatic heterocycles. The molecule has 2 rings (SSSR count). The summed E-state index contributed by atoms with van der Waals surface area (Å²) >= 11 is 0. The van der Waals surface area contributed by atoms with Crippen molar-refractivity contribution in [2.75, 3.05) is 62.6 Å². The van der Waals surface area contributed by atoms with Gasteiger partial charge in [0, 0.05) is 55.6 Å². The molecule has 0 aliphatic rings. The lowest BCUT2D eigenvalue weighted by molar-refractivity contribution is 0.190. The summed E-state index contributed by atoms with van der Waals surface area (Å²) in [6, 6.07) is 11.4. The number of nitrogens with two attached hydrogens (primary N) is 3. The number of nitrogens with zero attached hydrogens (tertiary/aromatic N) is 1. The molecule has 6 heteroatoms. The molecule has 0 fully saturated rings. The van der Waals surface area contributed by atoms with Crippen molar-refractivity contribution in [1.82, 2.24) is 0 Å². The van der Waals surface area contributed by atoms with Gasteiger partial charge < -0.3 is 31.6 Å². The quantitative estimate of drug-likeness (QED) is 0.642. The van der Waals surface area contributed by atoms with Crippen LogP contribution in [0.2, 0.25) is 0 Å². The third-order valence-corrected chi connectivity index (χ3v) is 3.82. The van der Waals surface area contributed by atoms with Gasteiger partial charge in [0.25, 0.3) is 0 Å². The number of hydrogen-bond acceptors (Lipinski definition) is 6. The summed E-state index contributed by atoms with van der Waals surface area (Å²) in [6.45, 7) is 2.80. The monoisotopic (exact) mass is 330 g/mol. The highest BCUT2D eigenvalue weighted by Crippen LogP contribution is 2.32. The Morgan fingerprint density at radius 3 is 1.96 bits per heavy atom. The standard InChI is InChI=1S/C18H26N4O2/c1-23-7-5-22(6-8-24-2)16-3-4-18(21)17(12-16)13-9-14(19)11-15(20)10-13/h3-4,9-12H,5-8,19-21H2,1-2H3. The van der Waals surface area contributed by atoms with Crippen molar-refractivity contribution in [3.63, 3.8) is 0 Å². The summed E-state index contributed by atoms with van der Waals surface area (Å²) in [7, 11) is 3.39.